The molecule has 0 spiro atoms. The molecule has 0 aliphatic carbocycles. The van der Waals surface area contributed by atoms with Crippen LogP contribution in [0.1, 0.15) is 35.2 Å². The molecule has 0 aliphatic heterocycles. The maximum absolute atomic E-state index is 3.56. The fraction of sp³-hybridized carbons (Fsp3) is 0.294. The Balaban J connectivity index is 1.96. The second-order valence-electron chi connectivity index (χ2n) is 5.00. The van der Waals surface area contributed by atoms with Gasteiger partial charge < -0.3 is 5.32 Å². The van der Waals surface area contributed by atoms with Crippen molar-refractivity contribution in [2.75, 3.05) is 0 Å². The van der Waals surface area contributed by atoms with Crippen LogP contribution in [0.5, 0.6) is 0 Å². The molecular formula is C17H21N. The Morgan fingerprint density at radius 3 is 2.33 bits per heavy atom. The second-order valence-corrected chi connectivity index (χ2v) is 5.00. The van der Waals surface area contributed by atoms with Gasteiger partial charge in [0.25, 0.3) is 0 Å². The first kappa shape index (κ1) is 12.8. The summed E-state index contributed by atoms with van der Waals surface area (Å²) in [5, 5.41) is 3.56. The minimum atomic E-state index is 0.381. The molecule has 1 heteroatoms. The molecule has 2 rings (SSSR count). The third-order valence-electron chi connectivity index (χ3n) is 3.28. The van der Waals surface area contributed by atoms with Crippen molar-refractivity contribution in [3.63, 3.8) is 0 Å². The summed E-state index contributed by atoms with van der Waals surface area (Å²) < 4.78 is 0. The maximum atomic E-state index is 3.56. The molecular weight excluding hydrogens is 218 g/mol. The summed E-state index contributed by atoms with van der Waals surface area (Å²) in [6.07, 6.45) is 0. The summed E-state index contributed by atoms with van der Waals surface area (Å²) >= 11 is 0. The van der Waals surface area contributed by atoms with Gasteiger partial charge in [0.15, 0.2) is 0 Å². The average Bonchev–Trinajstić information content (AvgIpc) is 2.38. The lowest BCUT2D eigenvalue weighted by Gasteiger charge is -2.15. The van der Waals surface area contributed by atoms with Gasteiger partial charge in [-0.1, -0.05) is 59.7 Å². The van der Waals surface area contributed by atoms with Crippen molar-refractivity contribution < 1.29 is 0 Å². The lowest BCUT2D eigenvalue weighted by atomic mass is 10.1. The third kappa shape index (κ3) is 3.44. The van der Waals surface area contributed by atoms with Crippen LogP contribution in [0, 0.1) is 13.8 Å². The average molecular weight is 239 g/mol. The molecule has 1 nitrogen and oxygen atoms in total. The number of aryl methyl sites for hydroxylation is 2. The Morgan fingerprint density at radius 1 is 0.944 bits per heavy atom. The summed E-state index contributed by atoms with van der Waals surface area (Å²) in [5.41, 5.74) is 5.31. The predicted octanol–water partition coefficient (Wildman–Crippen LogP) is 4.15. The number of nitrogens with one attached hydrogen (secondary N) is 1. The van der Waals surface area contributed by atoms with Crippen molar-refractivity contribution in [3.05, 3.63) is 70.8 Å². The molecule has 0 aromatic heterocycles. The van der Waals surface area contributed by atoms with Gasteiger partial charge in [0.05, 0.1) is 0 Å². The van der Waals surface area contributed by atoms with E-state index >= 15 is 0 Å². The van der Waals surface area contributed by atoms with Crippen LogP contribution in [0.4, 0.5) is 0 Å². The largest absolute Gasteiger partial charge is 0.306 e. The van der Waals surface area contributed by atoms with Crippen LogP contribution in [0.3, 0.4) is 0 Å². The van der Waals surface area contributed by atoms with Gasteiger partial charge in [-0.15, -0.1) is 0 Å². The molecule has 1 atom stereocenters. The van der Waals surface area contributed by atoms with Gasteiger partial charge >= 0.3 is 0 Å². The molecule has 0 radical (unpaired) electrons. The van der Waals surface area contributed by atoms with Crippen LogP contribution in [-0.4, -0.2) is 0 Å². The van der Waals surface area contributed by atoms with Crippen LogP contribution in [0.15, 0.2) is 48.5 Å². The van der Waals surface area contributed by atoms with E-state index in [0.29, 0.717) is 6.04 Å². The first-order chi connectivity index (χ1) is 8.65. The quantitative estimate of drug-likeness (QED) is 0.845. The van der Waals surface area contributed by atoms with E-state index in [4.69, 9.17) is 0 Å². The Morgan fingerprint density at radius 2 is 1.67 bits per heavy atom. The summed E-state index contributed by atoms with van der Waals surface area (Å²) in [6, 6.07) is 17.8. The van der Waals surface area contributed by atoms with Crippen molar-refractivity contribution in [1.29, 1.82) is 0 Å². The SMILES string of the molecule is Cc1ccc(CN[C@@H](C)c2cccc(C)c2)cc1. The normalized spacial score (nSPS) is 12.4. The van der Waals surface area contributed by atoms with Crippen LogP contribution >= 0.6 is 0 Å². The van der Waals surface area contributed by atoms with Gasteiger partial charge in [-0.05, 0) is 31.9 Å². The second kappa shape index (κ2) is 5.83. The van der Waals surface area contributed by atoms with Gasteiger partial charge in [-0.25, -0.2) is 0 Å². The summed E-state index contributed by atoms with van der Waals surface area (Å²) in [5.74, 6) is 0. The molecule has 0 aliphatic rings. The monoisotopic (exact) mass is 239 g/mol. The third-order valence-corrected chi connectivity index (χ3v) is 3.28. The van der Waals surface area contributed by atoms with Crippen molar-refractivity contribution in [1.82, 2.24) is 5.32 Å². The number of hydrogen-bond donors (Lipinski definition) is 1. The molecule has 0 heterocycles. The molecule has 2 aromatic rings. The molecule has 2 aromatic carbocycles. The molecule has 0 bridgehead atoms. The minimum absolute atomic E-state index is 0.381. The van der Waals surface area contributed by atoms with E-state index in [-0.39, 0.29) is 0 Å². The molecule has 0 saturated heterocycles. The summed E-state index contributed by atoms with van der Waals surface area (Å²) in [4.78, 5) is 0. The van der Waals surface area contributed by atoms with E-state index in [2.05, 4.69) is 74.6 Å². The molecule has 0 fully saturated rings. The lowest BCUT2D eigenvalue weighted by Crippen LogP contribution is -2.18. The highest BCUT2D eigenvalue weighted by Gasteiger charge is 2.04. The van der Waals surface area contributed by atoms with Gasteiger partial charge in [0, 0.05) is 12.6 Å². The lowest BCUT2D eigenvalue weighted by molar-refractivity contribution is 0.574. The highest BCUT2D eigenvalue weighted by Crippen LogP contribution is 2.14. The summed E-state index contributed by atoms with van der Waals surface area (Å²) in [7, 11) is 0. The van der Waals surface area contributed by atoms with E-state index in [1.165, 1.54) is 22.3 Å². The number of hydrogen-bond acceptors (Lipinski definition) is 1. The Bertz CT molecular complexity index is 499. The topological polar surface area (TPSA) is 12.0 Å². The Kier molecular flexibility index (Phi) is 4.16. The number of rotatable bonds is 4. The molecule has 1 N–H and O–H groups in total. The molecule has 0 amide bonds. The highest BCUT2D eigenvalue weighted by molar-refractivity contribution is 5.25. The molecule has 94 valence electrons. The van der Waals surface area contributed by atoms with Gasteiger partial charge in [-0.3, -0.25) is 0 Å². The number of benzene rings is 2. The first-order valence-corrected chi connectivity index (χ1v) is 6.50. The fourth-order valence-electron chi connectivity index (χ4n) is 2.03. The van der Waals surface area contributed by atoms with Crippen LogP contribution in [0.25, 0.3) is 0 Å². The zero-order valence-electron chi connectivity index (χ0n) is 11.4. The Labute approximate surface area is 110 Å². The first-order valence-electron chi connectivity index (χ1n) is 6.50. The van der Waals surface area contributed by atoms with Crippen molar-refractivity contribution >= 4 is 0 Å². The van der Waals surface area contributed by atoms with Crippen LogP contribution in [-0.2, 0) is 6.54 Å². The van der Waals surface area contributed by atoms with Crippen LogP contribution < -0.4 is 5.32 Å². The van der Waals surface area contributed by atoms with Crippen molar-refractivity contribution in [2.45, 2.75) is 33.4 Å². The van der Waals surface area contributed by atoms with Crippen molar-refractivity contribution in [2.24, 2.45) is 0 Å². The van der Waals surface area contributed by atoms with Crippen LogP contribution in [0.2, 0.25) is 0 Å². The molecule has 18 heavy (non-hydrogen) atoms. The van der Waals surface area contributed by atoms with Gasteiger partial charge in [0.2, 0.25) is 0 Å². The van der Waals surface area contributed by atoms with E-state index < -0.39 is 0 Å². The van der Waals surface area contributed by atoms with Crippen molar-refractivity contribution in [3.8, 4) is 0 Å². The maximum Gasteiger partial charge on any atom is 0.0295 e. The fourth-order valence-corrected chi connectivity index (χ4v) is 2.03. The zero-order chi connectivity index (χ0) is 13.0. The van der Waals surface area contributed by atoms with Gasteiger partial charge in [0.1, 0.15) is 0 Å². The zero-order valence-corrected chi connectivity index (χ0v) is 11.4. The smallest absolute Gasteiger partial charge is 0.0295 e. The van der Waals surface area contributed by atoms with E-state index in [0.717, 1.165) is 6.54 Å². The highest BCUT2D eigenvalue weighted by atomic mass is 14.9. The summed E-state index contributed by atoms with van der Waals surface area (Å²) in [6.45, 7) is 7.38. The Hall–Kier alpha value is -1.60. The minimum Gasteiger partial charge on any atom is -0.306 e. The van der Waals surface area contributed by atoms with E-state index in [1.54, 1.807) is 0 Å². The molecule has 0 saturated carbocycles. The molecule has 0 unspecified atom stereocenters. The van der Waals surface area contributed by atoms with E-state index in [9.17, 15) is 0 Å². The predicted molar refractivity (Wildman–Crippen MR) is 77.6 cm³/mol. The standard InChI is InChI=1S/C17H21N/c1-13-7-9-16(10-8-13)12-18-15(3)17-6-4-5-14(2)11-17/h4-11,15,18H,12H2,1-3H3/t15-/m0/s1. The van der Waals surface area contributed by atoms with E-state index in [1.807, 2.05) is 0 Å². The van der Waals surface area contributed by atoms with Gasteiger partial charge in [-0.2, -0.15) is 0 Å².